The van der Waals surface area contributed by atoms with Gasteiger partial charge in [-0.15, -0.1) is 0 Å². The number of carbonyl (C=O) groups is 1. The molecule has 100 valence electrons. The Morgan fingerprint density at radius 1 is 1.37 bits per heavy atom. The number of amides is 1. The van der Waals surface area contributed by atoms with Gasteiger partial charge in [0.25, 0.3) is 0 Å². The van der Waals surface area contributed by atoms with E-state index in [1.54, 1.807) is 24.1 Å². The fraction of sp³-hybridized carbons (Fsp3) is 0.429. The van der Waals surface area contributed by atoms with Crippen LogP contribution in [0.1, 0.15) is 19.4 Å². The molecule has 1 aliphatic heterocycles. The molecule has 1 saturated heterocycles. The van der Waals surface area contributed by atoms with Gasteiger partial charge in [-0.3, -0.25) is 4.79 Å². The molecule has 1 aromatic carbocycles. The van der Waals surface area contributed by atoms with Crippen LogP contribution in [0, 0.1) is 11.3 Å². The average Bonchev–Trinajstić information content (AvgIpc) is 2.36. The molecule has 1 aromatic rings. The van der Waals surface area contributed by atoms with Gasteiger partial charge in [-0.1, -0.05) is 17.7 Å². The second-order valence-electron chi connectivity index (χ2n) is 5.18. The smallest absolute Gasteiger partial charge is 0.247 e. The third kappa shape index (κ3) is 2.15. The molecule has 2 rings (SSSR count). The standard InChI is InChI=1S/C14H16ClN3O/c1-14(2)13(19)17(3)7-8-18(14)12-6-4-5-11(15)10(12)9-16/h4-6H,7-8H2,1-3H3. The van der Waals surface area contributed by atoms with Crippen LogP contribution in [-0.2, 0) is 4.79 Å². The highest BCUT2D eigenvalue weighted by Crippen LogP contribution is 2.33. The van der Waals surface area contributed by atoms with E-state index in [4.69, 9.17) is 11.6 Å². The molecule has 1 aliphatic rings. The van der Waals surface area contributed by atoms with E-state index in [9.17, 15) is 10.1 Å². The van der Waals surface area contributed by atoms with Crippen LogP contribution in [0.25, 0.3) is 0 Å². The lowest BCUT2D eigenvalue weighted by Crippen LogP contribution is -2.62. The third-order valence-electron chi connectivity index (χ3n) is 3.60. The summed E-state index contributed by atoms with van der Waals surface area (Å²) in [4.78, 5) is 16.0. The van der Waals surface area contributed by atoms with Gasteiger partial charge in [-0.2, -0.15) is 5.26 Å². The predicted octanol–water partition coefficient (Wildman–Crippen LogP) is 2.27. The van der Waals surface area contributed by atoms with Crippen molar-refractivity contribution in [2.75, 3.05) is 25.0 Å². The highest BCUT2D eigenvalue weighted by molar-refractivity contribution is 6.32. The minimum Gasteiger partial charge on any atom is -0.355 e. The Hall–Kier alpha value is -1.73. The van der Waals surface area contributed by atoms with E-state index in [2.05, 4.69) is 6.07 Å². The number of anilines is 1. The summed E-state index contributed by atoms with van der Waals surface area (Å²) in [5.41, 5.74) is 0.472. The number of carbonyl (C=O) groups excluding carboxylic acids is 1. The summed E-state index contributed by atoms with van der Waals surface area (Å²) in [6.45, 7) is 5.06. The molecule has 0 unspecified atom stereocenters. The van der Waals surface area contributed by atoms with Gasteiger partial charge in [-0.05, 0) is 26.0 Å². The van der Waals surface area contributed by atoms with Crippen molar-refractivity contribution in [1.29, 1.82) is 5.26 Å². The molecular formula is C14H16ClN3O. The van der Waals surface area contributed by atoms with E-state index in [-0.39, 0.29) is 5.91 Å². The normalized spacial score (nSPS) is 18.4. The monoisotopic (exact) mass is 277 g/mol. The SMILES string of the molecule is CN1CCN(c2cccc(Cl)c2C#N)C(C)(C)C1=O. The molecular weight excluding hydrogens is 262 g/mol. The number of halogens is 1. The molecule has 0 radical (unpaired) electrons. The van der Waals surface area contributed by atoms with Crippen molar-refractivity contribution < 1.29 is 4.79 Å². The van der Waals surface area contributed by atoms with E-state index in [1.807, 2.05) is 24.8 Å². The van der Waals surface area contributed by atoms with Crippen molar-refractivity contribution in [3.05, 3.63) is 28.8 Å². The van der Waals surface area contributed by atoms with Crippen LogP contribution in [0.15, 0.2) is 18.2 Å². The van der Waals surface area contributed by atoms with Crippen LogP contribution < -0.4 is 4.90 Å². The summed E-state index contributed by atoms with van der Waals surface area (Å²) in [6.07, 6.45) is 0. The summed E-state index contributed by atoms with van der Waals surface area (Å²) >= 11 is 6.06. The molecule has 1 heterocycles. The van der Waals surface area contributed by atoms with E-state index >= 15 is 0 Å². The third-order valence-corrected chi connectivity index (χ3v) is 3.91. The Bertz CT molecular complexity index is 562. The van der Waals surface area contributed by atoms with Crippen LogP contribution >= 0.6 is 11.6 Å². The molecule has 5 heteroatoms. The lowest BCUT2D eigenvalue weighted by Gasteiger charge is -2.46. The molecule has 1 fully saturated rings. The number of likely N-dealkylation sites (N-methyl/N-ethyl adjacent to an activating group) is 1. The van der Waals surface area contributed by atoms with Gasteiger partial charge in [0.1, 0.15) is 11.6 Å². The second kappa shape index (κ2) is 4.75. The first-order valence-corrected chi connectivity index (χ1v) is 6.49. The lowest BCUT2D eigenvalue weighted by atomic mass is 9.95. The number of hydrogen-bond donors (Lipinski definition) is 0. The van der Waals surface area contributed by atoms with Gasteiger partial charge < -0.3 is 9.80 Å². The summed E-state index contributed by atoms with van der Waals surface area (Å²) in [6, 6.07) is 7.46. The molecule has 0 atom stereocenters. The fourth-order valence-corrected chi connectivity index (χ4v) is 2.70. The van der Waals surface area contributed by atoms with E-state index in [0.717, 1.165) is 5.69 Å². The van der Waals surface area contributed by atoms with Gasteiger partial charge in [-0.25, -0.2) is 0 Å². The first kappa shape index (κ1) is 13.7. The Balaban J connectivity index is 2.51. The van der Waals surface area contributed by atoms with Crippen LogP contribution in [0.4, 0.5) is 5.69 Å². The molecule has 1 amide bonds. The van der Waals surface area contributed by atoms with Gasteiger partial charge in [0.05, 0.1) is 16.3 Å². The van der Waals surface area contributed by atoms with Crippen LogP contribution in [-0.4, -0.2) is 36.5 Å². The Labute approximate surface area is 118 Å². The lowest BCUT2D eigenvalue weighted by molar-refractivity contribution is -0.136. The molecule has 0 bridgehead atoms. The first-order valence-electron chi connectivity index (χ1n) is 6.11. The van der Waals surface area contributed by atoms with Crippen molar-refractivity contribution >= 4 is 23.2 Å². The van der Waals surface area contributed by atoms with Crippen molar-refractivity contribution in [3.63, 3.8) is 0 Å². The Kier molecular flexibility index (Phi) is 3.42. The number of hydrogen-bond acceptors (Lipinski definition) is 3. The van der Waals surface area contributed by atoms with E-state index in [1.165, 1.54) is 0 Å². The summed E-state index contributed by atoms with van der Waals surface area (Å²) in [5, 5.41) is 9.68. The minimum atomic E-state index is -0.677. The van der Waals surface area contributed by atoms with E-state index in [0.29, 0.717) is 23.7 Å². The highest BCUT2D eigenvalue weighted by Gasteiger charge is 2.41. The van der Waals surface area contributed by atoms with Gasteiger partial charge >= 0.3 is 0 Å². The number of nitriles is 1. The highest BCUT2D eigenvalue weighted by atomic mass is 35.5. The molecule has 0 spiro atoms. The quantitative estimate of drug-likeness (QED) is 0.791. The molecule has 19 heavy (non-hydrogen) atoms. The zero-order valence-corrected chi connectivity index (χ0v) is 12.0. The summed E-state index contributed by atoms with van der Waals surface area (Å²) in [5.74, 6) is 0.0441. The van der Waals surface area contributed by atoms with Crippen molar-refractivity contribution in [1.82, 2.24) is 4.90 Å². The Morgan fingerprint density at radius 2 is 2.05 bits per heavy atom. The number of piperazine rings is 1. The molecule has 4 nitrogen and oxygen atoms in total. The maximum atomic E-state index is 12.3. The van der Waals surface area contributed by atoms with Crippen LogP contribution in [0.5, 0.6) is 0 Å². The van der Waals surface area contributed by atoms with Gasteiger partial charge in [0.2, 0.25) is 5.91 Å². The molecule has 0 N–H and O–H groups in total. The second-order valence-corrected chi connectivity index (χ2v) is 5.59. The maximum absolute atomic E-state index is 12.3. The number of nitrogens with zero attached hydrogens (tertiary/aromatic N) is 3. The minimum absolute atomic E-state index is 0.0441. The zero-order chi connectivity index (χ0) is 14.2. The van der Waals surface area contributed by atoms with Crippen LogP contribution in [0.3, 0.4) is 0 Å². The summed E-state index contributed by atoms with van der Waals surface area (Å²) in [7, 11) is 1.80. The topological polar surface area (TPSA) is 47.3 Å². The number of benzene rings is 1. The zero-order valence-electron chi connectivity index (χ0n) is 11.3. The van der Waals surface area contributed by atoms with E-state index < -0.39 is 5.54 Å². The average molecular weight is 278 g/mol. The van der Waals surface area contributed by atoms with Crippen molar-refractivity contribution in [2.45, 2.75) is 19.4 Å². The van der Waals surface area contributed by atoms with Crippen LogP contribution in [0.2, 0.25) is 5.02 Å². The number of rotatable bonds is 1. The van der Waals surface area contributed by atoms with Crippen molar-refractivity contribution in [2.24, 2.45) is 0 Å². The Morgan fingerprint density at radius 3 is 2.68 bits per heavy atom. The first-order chi connectivity index (χ1) is 8.89. The predicted molar refractivity (Wildman–Crippen MR) is 75.2 cm³/mol. The molecule has 0 aromatic heterocycles. The van der Waals surface area contributed by atoms with Crippen molar-refractivity contribution in [3.8, 4) is 6.07 Å². The maximum Gasteiger partial charge on any atom is 0.247 e. The largest absolute Gasteiger partial charge is 0.355 e. The van der Waals surface area contributed by atoms with Gasteiger partial charge in [0, 0.05) is 20.1 Å². The molecule has 0 aliphatic carbocycles. The van der Waals surface area contributed by atoms with Gasteiger partial charge in [0.15, 0.2) is 0 Å². The molecule has 0 saturated carbocycles. The summed E-state index contributed by atoms with van der Waals surface area (Å²) < 4.78 is 0. The fourth-order valence-electron chi connectivity index (χ4n) is 2.48.